The molecule has 4 fully saturated rings. The topological polar surface area (TPSA) is 182 Å². The molecule has 0 aromatic heterocycles. The third-order valence-corrected chi connectivity index (χ3v) is 12.4. The molecule has 0 bridgehead atoms. The third kappa shape index (κ3) is 7.16. The maximum atomic E-state index is 13.4. The highest BCUT2D eigenvalue weighted by atomic mass is 32.2. The summed E-state index contributed by atoms with van der Waals surface area (Å²) in [5, 5.41) is 27.7. The van der Waals surface area contributed by atoms with Crippen LogP contribution in [0.25, 0.3) is 0 Å². The van der Waals surface area contributed by atoms with Crippen molar-refractivity contribution in [3.05, 3.63) is 0 Å². The van der Waals surface area contributed by atoms with Crippen molar-refractivity contribution >= 4 is 33.7 Å². The average molecular weight is 587 g/mol. The lowest BCUT2D eigenvalue weighted by molar-refractivity contribution is -0.166. The summed E-state index contributed by atoms with van der Waals surface area (Å²) in [6, 6.07) is 0. The number of carboxylic acids is 2. The molecule has 4 aliphatic carbocycles. The molecule has 4 saturated carbocycles. The zero-order chi connectivity index (χ0) is 29.0. The van der Waals surface area contributed by atoms with Gasteiger partial charge in [-0.25, -0.2) is 8.42 Å². The Morgan fingerprint density at radius 2 is 0.975 bits per heavy atom. The van der Waals surface area contributed by atoms with E-state index in [9.17, 15) is 42.9 Å². The number of carbonyl (C=O) groups is 4. The highest BCUT2D eigenvalue weighted by Gasteiger charge is 2.44. The van der Waals surface area contributed by atoms with Gasteiger partial charge in [-0.3, -0.25) is 19.2 Å². The zero-order valence-corrected chi connectivity index (χ0v) is 23.6. The number of ether oxygens (including phenoxy) is 2. The minimum atomic E-state index is -3.45. The Hall–Kier alpha value is -2.21. The monoisotopic (exact) mass is 586 g/mol. The van der Waals surface area contributed by atoms with Crippen molar-refractivity contribution in [2.24, 2.45) is 23.7 Å². The molecule has 0 aromatic rings. The lowest BCUT2D eigenvalue weighted by Gasteiger charge is -2.35. The van der Waals surface area contributed by atoms with Crippen molar-refractivity contribution in [1.29, 1.82) is 0 Å². The number of aliphatic carboxylic acids is 2. The van der Waals surface area contributed by atoms with E-state index in [4.69, 9.17) is 9.47 Å². The van der Waals surface area contributed by atoms with Crippen LogP contribution in [0.3, 0.4) is 0 Å². The van der Waals surface area contributed by atoms with E-state index in [0.717, 1.165) is 12.8 Å². The second-order valence-electron chi connectivity index (χ2n) is 12.1. The molecule has 0 amide bonds. The van der Waals surface area contributed by atoms with Crippen LogP contribution in [0.1, 0.15) is 96.3 Å². The molecule has 226 valence electrons. The fourth-order valence-corrected chi connectivity index (χ4v) is 9.55. The van der Waals surface area contributed by atoms with Crippen molar-refractivity contribution < 1.29 is 52.4 Å². The summed E-state index contributed by atoms with van der Waals surface area (Å²) in [6.45, 7) is 0. The van der Waals surface area contributed by atoms with E-state index in [0.29, 0.717) is 70.6 Å². The number of hydrogen-bond acceptors (Lipinski definition) is 9. The van der Waals surface area contributed by atoms with Crippen molar-refractivity contribution in [3.63, 3.8) is 0 Å². The van der Waals surface area contributed by atoms with Crippen LogP contribution in [-0.4, -0.2) is 76.4 Å². The standard InChI is InChI=1S/C28H42O11S/c29-16-5-14-22(26(32)33)24(15-16)28(35)39-18-8-12-20(13-9-18)40(36,37)19-10-6-17(7-11-19)38-27(34)23-4-2-1-3-21(23)25(30)31/h16-24,29H,1-15H2,(H,30,31)(H,32,33). The van der Waals surface area contributed by atoms with Crippen molar-refractivity contribution in [2.75, 3.05) is 0 Å². The smallest absolute Gasteiger partial charge is 0.310 e. The number of esters is 2. The first kappa shape index (κ1) is 30.7. The molecule has 0 radical (unpaired) electrons. The van der Waals surface area contributed by atoms with Crippen LogP contribution in [0.5, 0.6) is 0 Å². The first-order valence-electron chi connectivity index (χ1n) is 14.7. The van der Waals surface area contributed by atoms with Crippen molar-refractivity contribution in [2.45, 2.75) is 125 Å². The fraction of sp³-hybridized carbons (Fsp3) is 0.857. The van der Waals surface area contributed by atoms with E-state index in [-0.39, 0.29) is 12.8 Å². The molecule has 0 saturated heterocycles. The second kappa shape index (κ2) is 13.2. The number of carboxylic acid groups (broad SMARTS) is 2. The van der Waals surface area contributed by atoms with E-state index >= 15 is 0 Å². The van der Waals surface area contributed by atoms with Crippen LogP contribution in [0, 0.1) is 23.7 Å². The minimum absolute atomic E-state index is 0.0539. The molecule has 12 heteroatoms. The van der Waals surface area contributed by atoms with Gasteiger partial charge in [-0.1, -0.05) is 12.8 Å². The molecule has 40 heavy (non-hydrogen) atoms. The van der Waals surface area contributed by atoms with E-state index in [2.05, 4.69) is 0 Å². The predicted molar refractivity (Wildman–Crippen MR) is 141 cm³/mol. The highest BCUT2D eigenvalue weighted by Crippen LogP contribution is 2.37. The number of aliphatic hydroxyl groups is 1. The molecular formula is C28H42O11S. The quantitative estimate of drug-likeness (QED) is 0.356. The van der Waals surface area contributed by atoms with Gasteiger partial charge in [0.1, 0.15) is 12.2 Å². The summed E-state index contributed by atoms with van der Waals surface area (Å²) in [4.78, 5) is 48.5. The van der Waals surface area contributed by atoms with Crippen molar-refractivity contribution in [1.82, 2.24) is 0 Å². The van der Waals surface area contributed by atoms with E-state index in [1.165, 1.54) is 0 Å². The maximum Gasteiger partial charge on any atom is 0.310 e. The molecule has 0 heterocycles. The summed E-state index contributed by atoms with van der Waals surface area (Å²) in [7, 11) is -3.45. The van der Waals surface area contributed by atoms with Gasteiger partial charge >= 0.3 is 23.9 Å². The number of carbonyl (C=O) groups excluding carboxylic acids is 2. The molecule has 0 spiro atoms. The summed E-state index contributed by atoms with van der Waals surface area (Å²) in [5.74, 6) is -6.32. The number of hydrogen-bond donors (Lipinski definition) is 3. The Kier molecular flexibility index (Phi) is 10.1. The zero-order valence-electron chi connectivity index (χ0n) is 22.8. The predicted octanol–water partition coefficient (Wildman–Crippen LogP) is 2.86. The van der Waals surface area contributed by atoms with Crippen LogP contribution < -0.4 is 0 Å². The first-order chi connectivity index (χ1) is 19.0. The van der Waals surface area contributed by atoms with Crippen LogP contribution in [0.2, 0.25) is 0 Å². The van der Waals surface area contributed by atoms with Gasteiger partial charge in [-0.05, 0) is 83.5 Å². The number of rotatable bonds is 8. The van der Waals surface area contributed by atoms with Crippen LogP contribution in [-0.2, 0) is 38.5 Å². The molecule has 4 aliphatic rings. The van der Waals surface area contributed by atoms with Crippen LogP contribution in [0.15, 0.2) is 0 Å². The van der Waals surface area contributed by atoms with E-state index in [1.807, 2.05) is 0 Å². The Bertz CT molecular complexity index is 1040. The Labute approximate surface area is 234 Å². The van der Waals surface area contributed by atoms with E-state index in [1.54, 1.807) is 0 Å². The largest absolute Gasteiger partial charge is 0.481 e. The Balaban J connectivity index is 1.23. The van der Waals surface area contributed by atoms with Gasteiger partial charge < -0.3 is 24.8 Å². The lowest BCUT2D eigenvalue weighted by atomic mass is 9.78. The fourth-order valence-electron chi connectivity index (χ4n) is 7.15. The van der Waals surface area contributed by atoms with Crippen molar-refractivity contribution in [3.8, 4) is 0 Å². The lowest BCUT2D eigenvalue weighted by Crippen LogP contribution is -2.42. The average Bonchev–Trinajstić information content (AvgIpc) is 2.93. The van der Waals surface area contributed by atoms with Gasteiger partial charge in [0, 0.05) is 0 Å². The molecule has 0 aliphatic heterocycles. The normalized spacial score (nSPS) is 37.2. The summed E-state index contributed by atoms with van der Waals surface area (Å²) >= 11 is 0. The summed E-state index contributed by atoms with van der Waals surface area (Å²) in [6.07, 6.45) is 4.58. The molecule has 3 N–H and O–H groups in total. The maximum absolute atomic E-state index is 13.4. The molecule has 4 rings (SSSR count). The Morgan fingerprint density at radius 3 is 1.45 bits per heavy atom. The van der Waals surface area contributed by atoms with Gasteiger partial charge in [0.25, 0.3) is 0 Å². The van der Waals surface area contributed by atoms with E-state index < -0.39 is 86.2 Å². The Morgan fingerprint density at radius 1 is 0.550 bits per heavy atom. The molecular weight excluding hydrogens is 544 g/mol. The van der Waals surface area contributed by atoms with Gasteiger partial charge in [0.2, 0.25) is 0 Å². The highest BCUT2D eigenvalue weighted by molar-refractivity contribution is 7.92. The number of sulfone groups is 1. The molecule has 0 aromatic carbocycles. The van der Waals surface area contributed by atoms with Crippen LogP contribution in [0.4, 0.5) is 0 Å². The van der Waals surface area contributed by atoms with Crippen LogP contribution >= 0.6 is 0 Å². The second-order valence-corrected chi connectivity index (χ2v) is 14.6. The number of aliphatic hydroxyl groups excluding tert-OH is 1. The first-order valence-corrected chi connectivity index (χ1v) is 16.4. The van der Waals surface area contributed by atoms with Gasteiger partial charge in [-0.2, -0.15) is 0 Å². The van der Waals surface area contributed by atoms with Gasteiger partial charge in [0.05, 0.1) is 40.3 Å². The molecule has 5 unspecified atom stereocenters. The SMILES string of the molecule is O=C(O)C1CCCCC1C(=O)OC1CCC(S(=O)(=O)C2CCC(OC(=O)C3CC(O)CCC3C(=O)O)CC2)CC1. The molecule has 11 nitrogen and oxygen atoms in total. The third-order valence-electron chi connectivity index (χ3n) is 9.57. The molecule has 5 atom stereocenters. The summed E-state index contributed by atoms with van der Waals surface area (Å²) < 4.78 is 38.0. The summed E-state index contributed by atoms with van der Waals surface area (Å²) in [5.41, 5.74) is 0. The van der Waals surface area contributed by atoms with Gasteiger partial charge in [0.15, 0.2) is 9.84 Å². The minimum Gasteiger partial charge on any atom is -0.481 e. The van der Waals surface area contributed by atoms with Gasteiger partial charge in [-0.15, -0.1) is 0 Å².